The number of sulfonamides is 1. The van der Waals surface area contributed by atoms with E-state index in [-0.39, 0.29) is 21.4 Å². The summed E-state index contributed by atoms with van der Waals surface area (Å²) in [6, 6.07) is 5.83. The first-order valence-electron chi connectivity index (χ1n) is 5.61. The Morgan fingerprint density at radius 2 is 2.10 bits per heavy atom. The number of nitrogen functional groups attached to an aromatic ring is 1. The molecule has 0 aliphatic carbocycles. The maximum absolute atomic E-state index is 12.3. The molecule has 21 heavy (non-hydrogen) atoms. The highest BCUT2D eigenvalue weighted by atomic mass is 79.9. The zero-order chi connectivity index (χ0) is 15.6. The number of pyridine rings is 1. The molecule has 0 spiro atoms. The van der Waals surface area contributed by atoms with Crippen LogP contribution in [0.3, 0.4) is 0 Å². The average molecular weight is 393 g/mol. The number of rotatable bonds is 4. The molecular weight excluding hydrogens is 382 g/mol. The van der Waals surface area contributed by atoms with E-state index >= 15 is 0 Å². The molecule has 112 valence electrons. The first kappa shape index (κ1) is 15.9. The van der Waals surface area contributed by atoms with Crippen molar-refractivity contribution in [3.63, 3.8) is 0 Å². The van der Waals surface area contributed by atoms with Gasteiger partial charge in [-0.1, -0.05) is 11.6 Å². The van der Waals surface area contributed by atoms with Gasteiger partial charge < -0.3 is 10.5 Å². The number of aromatic nitrogens is 1. The maximum Gasteiger partial charge on any atom is 0.263 e. The lowest BCUT2D eigenvalue weighted by molar-refractivity contribution is 0.414. The Labute approximate surface area is 135 Å². The summed E-state index contributed by atoms with van der Waals surface area (Å²) in [6.45, 7) is 0. The molecule has 1 aromatic heterocycles. The molecule has 0 fully saturated rings. The Morgan fingerprint density at radius 1 is 1.38 bits per heavy atom. The van der Waals surface area contributed by atoms with Gasteiger partial charge in [0.15, 0.2) is 0 Å². The molecule has 2 rings (SSSR count). The smallest absolute Gasteiger partial charge is 0.263 e. The molecule has 9 heteroatoms. The standard InChI is InChI=1S/C12H11BrClN3O3S/c1-20-8-2-3-11(10(15)5-8)21(18,19)17-7-4-9(13)12(14)16-6-7/h2-6,17H,15H2,1H3. The van der Waals surface area contributed by atoms with Gasteiger partial charge in [0.1, 0.15) is 15.8 Å². The molecule has 0 bridgehead atoms. The number of anilines is 2. The third-order valence-electron chi connectivity index (χ3n) is 2.55. The second-order valence-electron chi connectivity index (χ2n) is 4.01. The molecule has 2 aromatic rings. The van der Waals surface area contributed by atoms with Gasteiger partial charge in [-0.05, 0) is 34.1 Å². The SMILES string of the molecule is COc1ccc(S(=O)(=O)Nc2cnc(Cl)c(Br)c2)c(N)c1. The number of benzene rings is 1. The van der Waals surface area contributed by atoms with Gasteiger partial charge in [-0.15, -0.1) is 0 Å². The van der Waals surface area contributed by atoms with Crippen LogP contribution in [0.2, 0.25) is 5.15 Å². The molecule has 0 aliphatic rings. The predicted molar refractivity (Wildman–Crippen MR) is 85.2 cm³/mol. The lowest BCUT2D eigenvalue weighted by Gasteiger charge is -2.11. The molecular formula is C12H11BrClN3O3S. The third kappa shape index (κ3) is 3.58. The summed E-state index contributed by atoms with van der Waals surface area (Å²) in [5.74, 6) is 0.474. The van der Waals surface area contributed by atoms with Crippen molar-refractivity contribution in [1.29, 1.82) is 0 Å². The number of hydrogen-bond donors (Lipinski definition) is 2. The fraction of sp³-hybridized carbons (Fsp3) is 0.0833. The van der Waals surface area contributed by atoms with E-state index in [1.807, 2.05) is 0 Å². The minimum Gasteiger partial charge on any atom is -0.497 e. The Bertz CT molecular complexity index is 783. The lowest BCUT2D eigenvalue weighted by Crippen LogP contribution is -2.15. The Balaban J connectivity index is 2.36. The van der Waals surface area contributed by atoms with Crippen molar-refractivity contribution < 1.29 is 13.2 Å². The first-order valence-corrected chi connectivity index (χ1v) is 8.26. The maximum atomic E-state index is 12.3. The zero-order valence-corrected chi connectivity index (χ0v) is 14.0. The van der Waals surface area contributed by atoms with Gasteiger partial charge in [0.2, 0.25) is 0 Å². The Hall–Kier alpha value is -1.51. The van der Waals surface area contributed by atoms with Crippen LogP contribution in [-0.2, 0) is 10.0 Å². The molecule has 0 radical (unpaired) electrons. The second kappa shape index (κ2) is 6.08. The summed E-state index contributed by atoms with van der Waals surface area (Å²) in [5, 5.41) is 0.238. The number of hydrogen-bond acceptors (Lipinski definition) is 5. The number of nitrogens with zero attached hydrogens (tertiary/aromatic N) is 1. The molecule has 3 N–H and O–H groups in total. The summed E-state index contributed by atoms with van der Waals surface area (Å²) in [6.07, 6.45) is 1.31. The van der Waals surface area contributed by atoms with Crippen LogP contribution in [-0.4, -0.2) is 20.5 Å². The normalized spacial score (nSPS) is 11.2. The van der Waals surface area contributed by atoms with Gasteiger partial charge in [-0.3, -0.25) is 4.72 Å². The predicted octanol–water partition coefficient (Wildman–Crippen LogP) is 2.89. The van der Waals surface area contributed by atoms with Crippen molar-refractivity contribution in [3.8, 4) is 5.75 Å². The lowest BCUT2D eigenvalue weighted by atomic mass is 10.3. The second-order valence-corrected chi connectivity index (χ2v) is 6.87. The van der Waals surface area contributed by atoms with Crippen molar-refractivity contribution in [1.82, 2.24) is 4.98 Å². The molecule has 0 aliphatic heterocycles. The minimum absolute atomic E-state index is 0.0469. The van der Waals surface area contributed by atoms with E-state index in [1.165, 1.54) is 37.6 Å². The zero-order valence-electron chi connectivity index (χ0n) is 10.8. The number of nitrogens with one attached hydrogen (secondary N) is 1. The highest BCUT2D eigenvalue weighted by Crippen LogP contribution is 2.27. The van der Waals surface area contributed by atoms with Crippen molar-refractivity contribution in [2.75, 3.05) is 17.6 Å². The van der Waals surface area contributed by atoms with Gasteiger partial charge in [-0.25, -0.2) is 13.4 Å². The van der Waals surface area contributed by atoms with Crippen molar-refractivity contribution in [3.05, 3.63) is 40.1 Å². The van der Waals surface area contributed by atoms with E-state index in [9.17, 15) is 8.42 Å². The highest BCUT2D eigenvalue weighted by molar-refractivity contribution is 9.10. The molecule has 0 unspecified atom stereocenters. The van der Waals surface area contributed by atoms with Crippen LogP contribution in [0.4, 0.5) is 11.4 Å². The van der Waals surface area contributed by atoms with Crippen LogP contribution < -0.4 is 15.2 Å². The summed E-state index contributed by atoms with van der Waals surface area (Å²) in [7, 11) is -2.36. The van der Waals surface area contributed by atoms with Crippen LogP contribution in [0.1, 0.15) is 0 Å². The van der Waals surface area contributed by atoms with Crippen molar-refractivity contribution in [2.45, 2.75) is 4.90 Å². The highest BCUT2D eigenvalue weighted by Gasteiger charge is 2.18. The molecule has 1 aromatic carbocycles. The average Bonchev–Trinajstić information content (AvgIpc) is 2.42. The van der Waals surface area contributed by atoms with Gasteiger partial charge >= 0.3 is 0 Å². The van der Waals surface area contributed by atoms with Crippen LogP contribution in [0.15, 0.2) is 39.8 Å². The first-order chi connectivity index (χ1) is 9.83. The Morgan fingerprint density at radius 3 is 2.67 bits per heavy atom. The monoisotopic (exact) mass is 391 g/mol. The van der Waals surface area contributed by atoms with Crippen LogP contribution in [0.5, 0.6) is 5.75 Å². The number of ether oxygens (including phenoxy) is 1. The number of methoxy groups -OCH3 is 1. The van der Waals surface area contributed by atoms with Crippen LogP contribution in [0.25, 0.3) is 0 Å². The summed E-state index contributed by atoms with van der Waals surface area (Å²) >= 11 is 8.93. The van der Waals surface area contributed by atoms with Crippen LogP contribution in [0, 0.1) is 0 Å². The van der Waals surface area contributed by atoms with Gasteiger partial charge in [0.05, 0.1) is 29.2 Å². The van der Waals surface area contributed by atoms with E-state index in [4.69, 9.17) is 22.1 Å². The number of halogens is 2. The molecule has 1 heterocycles. The van der Waals surface area contributed by atoms with Gasteiger partial charge in [0.25, 0.3) is 10.0 Å². The molecule has 0 atom stereocenters. The quantitative estimate of drug-likeness (QED) is 0.616. The van der Waals surface area contributed by atoms with Gasteiger partial charge in [-0.2, -0.15) is 0 Å². The minimum atomic E-state index is -3.83. The third-order valence-corrected chi connectivity index (χ3v) is 5.14. The van der Waals surface area contributed by atoms with E-state index in [0.717, 1.165) is 0 Å². The molecule has 6 nitrogen and oxygen atoms in total. The van der Waals surface area contributed by atoms with Gasteiger partial charge in [0, 0.05) is 6.07 Å². The fourth-order valence-corrected chi connectivity index (χ4v) is 3.19. The van der Waals surface area contributed by atoms with E-state index in [1.54, 1.807) is 0 Å². The topological polar surface area (TPSA) is 94.3 Å². The van der Waals surface area contributed by atoms with Crippen molar-refractivity contribution in [2.24, 2.45) is 0 Å². The number of nitrogens with two attached hydrogens (primary N) is 1. The largest absolute Gasteiger partial charge is 0.497 e. The summed E-state index contributed by atoms with van der Waals surface area (Å²) in [5.41, 5.74) is 6.10. The van der Waals surface area contributed by atoms with E-state index in [0.29, 0.717) is 10.2 Å². The molecule has 0 saturated heterocycles. The van der Waals surface area contributed by atoms with Crippen LogP contribution >= 0.6 is 27.5 Å². The molecule has 0 saturated carbocycles. The summed E-state index contributed by atoms with van der Waals surface area (Å²) < 4.78 is 32.5. The Kier molecular flexibility index (Phi) is 4.60. The van der Waals surface area contributed by atoms with E-state index in [2.05, 4.69) is 25.6 Å². The molecule has 0 amide bonds. The fourth-order valence-electron chi connectivity index (χ4n) is 1.59. The van der Waals surface area contributed by atoms with E-state index < -0.39 is 10.0 Å². The summed E-state index contributed by atoms with van der Waals surface area (Å²) in [4.78, 5) is 3.80. The van der Waals surface area contributed by atoms with Crippen molar-refractivity contribution >= 4 is 48.9 Å².